The Labute approximate surface area is 197 Å². The predicted octanol–water partition coefficient (Wildman–Crippen LogP) is 6.06. The maximum absolute atomic E-state index is 12.7. The van der Waals surface area contributed by atoms with Crippen molar-refractivity contribution in [2.24, 2.45) is 10.2 Å². The minimum Gasteiger partial charge on any atom is -0.493 e. The summed E-state index contributed by atoms with van der Waals surface area (Å²) < 4.78 is 2.58. The minimum atomic E-state index is -0.562. The molecule has 0 fully saturated rings. The summed E-state index contributed by atoms with van der Waals surface area (Å²) in [5.41, 5.74) is -0.175. The molecule has 0 bridgehead atoms. The number of pyridine rings is 2. The molecule has 10 heteroatoms. The highest BCUT2D eigenvalue weighted by molar-refractivity contribution is 5.70. The van der Waals surface area contributed by atoms with Gasteiger partial charge in [-0.3, -0.25) is 9.36 Å². The van der Waals surface area contributed by atoms with Crippen LogP contribution in [0.2, 0.25) is 0 Å². The maximum atomic E-state index is 12.7. The van der Waals surface area contributed by atoms with Crippen molar-refractivity contribution in [3.63, 3.8) is 0 Å². The van der Waals surface area contributed by atoms with Gasteiger partial charge in [0.15, 0.2) is 11.6 Å². The van der Waals surface area contributed by atoms with Crippen LogP contribution in [0, 0.1) is 20.1 Å². The Morgan fingerprint density at radius 2 is 1.85 bits per heavy atom. The van der Waals surface area contributed by atoms with Gasteiger partial charge >= 0.3 is 0 Å². The van der Waals surface area contributed by atoms with E-state index in [0.29, 0.717) is 17.9 Å². The van der Waals surface area contributed by atoms with Gasteiger partial charge in [0.2, 0.25) is 5.88 Å². The zero-order valence-corrected chi connectivity index (χ0v) is 19.9. The Morgan fingerprint density at radius 3 is 2.41 bits per heavy atom. The van der Waals surface area contributed by atoms with E-state index in [9.17, 15) is 9.90 Å². The van der Waals surface area contributed by atoms with Gasteiger partial charge in [-0.25, -0.2) is 19.4 Å². The molecule has 0 saturated heterocycles. The summed E-state index contributed by atoms with van der Waals surface area (Å²) in [5.74, 6) is 0.233. The summed E-state index contributed by atoms with van der Waals surface area (Å²) in [4.78, 5) is 24.0. The molecule has 3 rings (SSSR count). The van der Waals surface area contributed by atoms with Gasteiger partial charge in [-0.1, -0.05) is 40.2 Å². The lowest BCUT2D eigenvalue weighted by Gasteiger charge is -2.15. The number of aromatic hydroxyl groups is 1. The van der Waals surface area contributed by atoms with Crippen molar-refractivity contribution in [2.45, 2.75) is 59.4 Å². The Morgan fingerprint density at radius 1 is 1.15 bits per heavy atom. The lowest BCUT2D eigenvalue weighted by Crippen LogP contribution is -2.20. The molecular formula is C24H26N8O2. The SMILES string of the molecule is [C-]#[N+]c1c(C(C)(C)C)nn(-c2ccccn2)c1/N=N/c1c(C)c([N+]#[C-])c(=O)n(CCCC)c1O. The van der Waals surface area contributed by atoms with Crippen LogP contribution in [0.25, 0.3) is 15.5 Å². The number of aromatic nitrogens is 4. The molecule has 0 amide bonds. The Hall–Kier alpha value is -4.31. The number of hydrogen-bond donors (Lipinski definition) is 1. The van der Waals surface area contributed by atoms with E-state index in [1.54, 1.807) is 31.3 Å². The van der Waals surface area contributed by atoms with E-state index in [1.807, 2.05) is 27.7 Å². The molecule has 0 spiro atoms. The summed E-state index contributed by atoms with van der Waals surface area (Å²) in [6, 6.07) is 5.29. The van der Waals surface area contributed by atoms with Crippen molar-refractivity contribution in [3.05, 3.63) is 68.8 Å². The molecule has 0 aliphatic heterocycles. The van der Waals surface area contributed by atoms with Crippen molar-refractivity contribution in [3.8, 4) is 11.7 Å². The van der Waals surface area contributed by atoms with Gasteiger partial charge in [0, 0.05) is 12.7 Å². The number of nitrogens with zero attached hydrogens (tertiary/aromatic N) is 8. The van der Waals surface area contributed by atoms with Gasteiger partial charge in [-0.2, -0.15) is 5.10 Å². The second-order valence-electron chi connectivity index (χ2n) is 8.75. The van der Waals surface area contributed by atoms with Crippen molar-refractivity contribution in [1.29, 1.82) is 0 Å². The predicted molar refractivity (Wildman–Crippen MR) is 129 cm³/mol. The molecule has 0 saturated carbocycles. The summed E-state index contributed by atoms with van der Waals surface area (Å²) in [7, 11) is 0. The fraction of sp³-hybridized carbons (Fsp3) is 0.375. The van der Waals surface area contributed by atoms with Gasteiger partial charge in [-0.05, 0) is 36.5 Å². The fourth-order valence-corrected chi connectivity index (χ4v) is 3.40. The quantitative estimate of drug-likeness (QED) is 0.358. The molecule has 174 valence electrons. The van der Waals surface area contributed by atoms with E-state index < -0.39 is 11.0 Å². The first-order chi connectivity index (χ1) is 16.1. The Kier molecular flexibility index (Phi) is 6.92. The van der Waals surface area contributed by atoms with E-state index in [2.05, 4.69) is 30.0 Å². The second kappa shape index (κ2) is 9.67. The smallest absolute Gasteiger partial charge is 0.260 e. The topological polar surface area (TPSA) is 106 Å². The zero-order valence-electron chi connectivity index (χ0n) is 19.9. The first kappa shape index (κ1) is 24.3. The number of rotatable bonds is 6. The molecule has 1 N–H and O–H groups in total. The zero-order chi connectivity index (χ0) is 25.0. The highest BCUT2D eigenvalue weighted by Crippen LogP contribution is 2.42. The number of unbranched alkanes of at least 4 members (excludes halogenated alkanes) is 1. The molecule has 10 nitrogen and oxygen atoms in total. The average Bonchev–Trinajstić information content (AvgIpc) is 3.19. The highest BCUT2D eigenvalue weighted by atomic mass is 16.3. The summed E-state index contributed by atoms with van der Waals surface area (Å²) in [6.07, 6.45) is 3.05. The molecular weight excluding hydrogens is 432 g/mol. The summed E-state index contributed by atoms with van der Waals surface area (Å²) >= 11 is 0. The molecule has 0 aromatic carbocycles. The Bertz CT molecular complexity index is 1380. The third kappa shape index (κ3) is 4.44. The van der Waals surface area contributed by atoms with Crippen LogP contribution < -0.4 is 5.56 Å². The molecule has 0 aliphatic carbocycles. The normalized spacial score (nSPS) is 11.5. The average molecular weight is 459 g/mol. The molecule has 3 aromatic rings. The van der Waals surface area contributed by atoms with Crippen LogP contribution >= 0.6 is 0 Å². The lowest BCUT2D eigenvalue weighted by atomic mass is 9.91. The molecule has 0 atom stereocenters. The monoisotopic (exact) mass is 458 g/mol. The molecule has 3 aromatic heterocycles. The van der Waals surface area contributed by atoms with Crippen molar-refractivity contribution in [2.75, 3.05) is 0 Å². The van der Waals surface area contributed by atoms with E-state index in [4.69, 9.17) is 13.1 Å². The third-order valence-electron chi connectivity index (χ3n) is 5.24. The summed E-state index contributed by atoms with van der Waals surface area (Å²) in [6.45, 7) is 24.8. The maximum Gasteiger partial charge on any atom is 0.260 e. The van der Waals surface area contributed by atoms with Crippen molar-refractivity contribution >= 4 is 22.9 Å². The molecule has 0 aliphatic rings. The van der Waals surface area contributed by atoms with E-state index >= 15 is 0 Å². The van der Waals surface area contributed by atoms with Gasteiger partial charge in [-0.15, -0.1) is 10.2 Å². The molecule has 0 radical (unpaired) electrons. The molecule has 0 unspecified atom stereocenters. The molecule has 3 heterocycles. The molecule has 34 heavy (non-hydrogen) atoms. The third-order valence-corrected chi connectivity index (χ3v) is 5.24. The fourth-order valence-electron chi connectivity index (χ4n) is 3.40. The largest absolute Gasteiger partial charge is 0.493 e. The van der Waals surface area contributed by atoms with E-state index in [0.717, 1.165) is 11.0 Å². The first-order valence-electron chi connectivity index (χ1n) is 10.8. The lowest BCUT2D eigenvalue weighted by molar-refractivity contribution is 0.403. The van der Waals surface area contributed by atoms with E-state index in [1.165, 1.54) is 4.68 Å². The van der Waals surface area contributed by atoms with Crippen LogP contribution in [0.4, 0.5) is 22.9 Å². The van der Waals surface area contributed by atoms with Crippen LogP contribution in [0.1, 0.15) is 51.8 Å². The van der Waals surface area contributed by atoms with Gasteiger partial charge in [0.1, 0.15) is 5.69 Å². The van der Waals surface area contributed by atoms with Gasteiger partial charge < -0.3 is 5.11 Å². The number of hydrogen-bond acceptors (Lipinski definition) is 6. The van der Waals surface area contributed by atoms with Crippen molar-refractivity contribution in [1.82, 2.24) is 19.3 Å². The summed E-state index contributed by atoms with van der Waals surface area (Å²) in [5, 5.41) is 24.0. The van der Waals surface area contributed by atoms with Gasteiger partial charge in [0.25, 0.3) is 16.9 Å². The van der Waals surface area contributed by atoms with Crippen LogP contribution in [-0.4, -0.2) is 24.4 Å². The standard InChI is InChI=1S/C24H26N8O2/c1-8-9-14-31-22(33)17(25-6)15(2)18(23(31)34)28-29-21-19(26-7)20(24(3,4)5)30-32(21)16-12-10-11-13-27-16/h10-13,34H,8-9,14H2,1-5H3/b29-28+. The second-order valence-corrected chi connectivity index (χ2v) is 8.75. The van der Waals surface area contributed by atoms with Crippen LogP contribution in [0.3, 0.4) is 0 Å². The van der Waals surface area contributed by atoms with E-state index in [-0.39, 0.29) is 40.9 Å². The van der Waals surface area contributed by atoms with Crippen LogP contribution in [-0.2, 0) is 12.0 Å². The van der Waals surface area contributed by atoms with Crippen molar-refractivity contribution < 1.29 is 5.11 Å². The van der Waals surface area contributed by atoms with Crippen LogP contribution in [0.15, 0.2) is 39.4 Å². The Balaban J connectivity index is 2.28. The minimum absolute atomic E-state index is 0.00344. The van der Waals surface area contributed by atoms with Crippen LogP contribution in [0.5, 0.6) is 5.88 Å². The van der Waals surface area contributed by atoms with Gasteiger partial charge in [0.05, 0.1) is 18.8 Å². The first-order valence-corrected chi connectivity index (χ1v) is 10.8. The highest BCUT2D eigenvalue weighted by Gasteiger charge is 2.28. The number of azo groups is 1.